The molecule has 3 nitrogen and oxygen atoms in total. The number of hydrogen-bond donors (Lipinski definition) is 0. The number of Topliss-reactive ketones (excluding diaryl/α,β-unsaturated/α-hetero) is 1. The second-order valence-corrected chi connectivity index (χ2v) is 5.12. The number of hydrogen-bond acceptors (Lipinski definition) is 3. The van der Waals surface area contributed by atoms with Crippen molar-refractivity contribution in [2.24, 2.45) is 5.16 Å². The van der Waals surface area contributed by atoms with Crippen LogP contribution < -0.4 is 0 Å². The third kappa shape index (κ3) is 4.88. The number of benzene rings is 2. The molecule has 0 bridgehead atoms. The largest absolute Gasteiger partial charge is 0.391 e. The first-order valence-electron chi connectivity index (χ1n) is 6.33. The summed E-state index contributed by atoms with van der Waals surface area (Å²) in [5, 5.41) is 4.73. The second-order valence-electron chi connectivity index (χ2n) is 4.30. The van der Waals surface area contributed by atoms with E-state index in [1.807, 2.05) is 18.2 Å². The van der Waals surface area contributed by atoms with Crippen molar-refractivity contribution < 1.29 is 9.63 Å². The Morgan fingerprint density at radius 3 is 2.57 bits per heavy atom. The monoisotopic (exact) mass is 321 g/mol. The molecule has 2 aromatic carbocycles. The third-order valence-electron chi connectivity index (χ3n) is 2.74. The molecule has 0 atom stereocenters. The Hall–Kier alpha value is -1.84. The van der Waals surface area contributed by atoms with Crippen LogP contribution in [0.15, 0.2) is 53.7 Å². The van der Waals surface area contributed by atoms with Crippen LogP contribution >= 0.6 is 23.2 Å². The van der Waals surface area contributed by atoms with E-state index in [9.17, 15) is 4.79 Å². The molecule has 0 heterocycles. The Kier molecular flexibility index (Phi) is 5.78. The number of nitrogens with zero attached hydrogens (tertiary/aromatic N) is 1. The van der Waals surface area contributed by atoms with E-state index in [1.54, 1.807) is 30.3 Å². The van der Waals surface area contributed by atoms with Gasteiger partial charge in [0.15, 0.2) is 5.78 Å². The van der Waals surface area contributed by atoms with E-state index in [-0.39, 0.29) is 18.8 Å². The van der Waals surface area contributed by atoms with Crippen LogP contribution in [0.25, 0.3) is 0 Å². The summed E-state index contributed by atoms with van der Waals surface area (Å²) in [6.07, 6.45) is 1.65. The van der Waals surface area contributed by atoms with Gasteiger partial charge in [-0.25, -0.2) is 0 Å². The molecule has 0 aromatic heterocycles. The van der Waals surface area contributed by atoms with Gasteiger partial charge < -0.3 is 4.84 Å². The Bertz CT molecular complexity index is 642. The fraction of sp³-hybridized carbons (Fsp3) is 0.125. The van der Waals surface area contributed by atoms with Crippen LogP contribution in [0, 0.1) is 0 Å². The van der Waals surface area contributed by atoms with Crippen molar-refractivity contribution in [3.8, 4) is 0 Å². The van der Waals surface area contributed by atoms with Crippen LogP contribution in [0.2, 0.25) is 10.0 Å². The number of carbonyl (C=O) groups is 1. The van der Waals surface area contributed by atoms with Gasteiger partial charge >= 0.3 is 0 Å². The van der Waals surface area contributed by atoms with Crippen molar-refractivity contribution in [1.29, 1.82) is 0 Å². The lowest BCUT2D eigenvalue weighted by Crippen LogP contribution is -1.99. The van der Waals surface area contributed by atoms with Gasteiger partial charge in [0.1, 0.15) is 6.61 Å². The number of rotatable bonds is 6. The topological polar surface area (TPSA) is 38.7 Å². The number of carbonyl (C=O) groups excluding carboxylic acids is 1. The Morgan fingerprint density at radius 1 is 1.10 bits per heavy atom. The summed E-state index contributed by atoms with van der Waals surface area (Å²) in [6, 6.07) is 14.3. The molecule has 108 valence electrons. The Morgan fingerprint density at radius 2 is 1.86 bits per heavy atom. The lowest BCUT2D eigenvalue weighted by molar-refractivity contribution is 0.0996. The molecule has 0 N–H and O–H groups in total. The van der Waals surface area contributed by atoms with Gasteiger partial charge in [-0.3, -0.25) is 4.79 Å². The maximum atomic E-state index is 11.8. The van der Waals surface area contributed by atoms with Gasteiger partial charge in [-0.05, 0) is 17.7 Å². The van der Waals surface area contributed by atoms with Crippen LogP contribution in [0.5, 0.6) is 0 Å². The van der Waals surface area contributed by atoms with Gasteiger partial charge in [0.05, 0.1) is 16.3 Å². The molecule has 0 spiro atoms. The van der Waals surface area contributed by atoms with E-state index in [0.29, 0.717) is 15.6 Å². The smallest absolute Gasteiger partial charge is 0.168 e. The van der Waals surface area contributed by atoms with Gasteiger partial charge in [-0.1, -0.05) is 64.8 Å². The summed E-state index contributed by atoms with van der Waals surface area (Å²) in [7, 11) is 0. The first-order chi connectivity index (χ1) is 10.2. The zero-order chi connectivity index (χ0) is 15.1. The Balaban J connectivity index is 1.78. The molecule has 0 aliphatic rings. The molecule has 5 heteroatoms. The molecule has 0 aliphatic carbocycles. The summed E-state index contributed by atoms with van der Waals surface area (Å²) in [5.41, 5.74) is 1.52. The molecule has 2 rings (SSSR count). The van der Waals surface area contributed by atoms with E-state index in [1.165, 1.54) is 6.21 Å². The van der Waals surface area contributed by atoms with Crippen LogP contribution in [0.1, 0.15) is 22.3 Å². The van der Waals surface area contributed by atoms with Crippen LogP contribution in [-0.4, -0.2) is 12.0 Å². The van der Waals surface area contributed by atoms with Crippen molar-refractivity contribution in [3.05, 3.63) is 69.7 Å². The normalized spacial score (nSPS) is 10.8. The maximum Gasteiger partial charge on any atom is 0.168 e. The van der Waals surface area contributed by atoms with Crippen molar-refractivity contribution in [2.75, 3.05) is 0 Å². The molecule has 0 aliphatic heterocycles. The summed E-state index contributed by atoms with van der Waals surface area (Å²) < 4.78 is 0. The van der Waals surface area contributed by atoms with E-state index < -0.39 is 0 Å². The highest BCUT2D eigenvalue weighted by Gasteiger charge is 2.02. The molecular weight excluding hydrogens is 309 g/mol. The lowest BCUT2D eigenvalue weighted by atomic mass is 10.1. The minimum atomic E-state index is -0.00233. The van der Waals surface area contributed by atoms with Gasteiger partial charge in [0.2, 0.25) is 0 Å². The predicted molar refractivity (Wildman–Crippen MR) is 85.1 cm³/mol. The molecule has 2 aromatic rings. The number of ketones is 1. The quantitative estimate of drug-likeness (QED) is 0.436. The van der Waals surface area contributed by atoms with Crippen molar-refractivity contribution in [2.45, 2.75) is 13.0 Å². The molecule has 0 unspecified atom stereocenters. The zero-order valence-corrected chi connectivity index (χ0v) is 12.6. The van der Waals surface area contributed by atoms with Gasteiger partial charge in [0.25, 0.3) is 0 Å². The van der Waals surface area contributed by atoms with E-state index >= 15 is 0 Å². The van der Waals surface area contributed by atoms with E-state index in [2.05, 4.69) is 5.16 Å². The van der Waals surface area contributed by atoms with Crippen LogP contribution in [0.4, 0.5) is 0 Å². The van der Waals surface area contributed by atoms with E-state index in [4.69, 9.17) is 28.0 Å². The minimum absolute atomic E-state index is 0.00233. The zero-order valence-electron chi connectivity index (χ0n) is 11.1. The van der Waals surface area contributed by atoms with Crippen molar-refractivity contribution in [3.63, 3.8) is 0 Å². The third-order valence-corrected chi connectivity index (χ3v) is 3.48. The molecular formula is C16H13Cl2NO2. The molecule has 0 saturated carbocycles. The second kappa shape index (κ2) is 7.81. The average molecular weight is 322 g/mol. The molecule has 0 saturated heterocycles. The Labute approximate surface area is 133 Å². The fourth-order valence-electron chi connectivity index (χ4n) is 1.66. The van der Waals surface area contributed by atoms with Gasteiger partial charge in [0, 0.05) is 12.0 Å². The predicted octanol–water partition coefficient (Wildman–Crippen LogP) is 4.77. The number of halogens is 2. The molecule has 0 radical (unpaired) electrons. The summed E-state index contributed by atoms with van der Waals surface area (Å²) in [4.78, 5) is 16.9. The highest BCUT2D eigenvalue weighted by molar-refractivity contribution is 6.42. The highest BCUT2D eigenvalue weighted by Crippen LogP contribution is 2.22. The molecule has 21 heavy (non-hydrogen) atoms. The first kappa shape index (κ1) is 15.5. The SMILES string of the molecule is O=C(C/C=N/OCc1ccc(Cl)c(Cl)c1)c1ccccc1. The van der Waals surface area contributed by atoms with Crippen LogP contribution in [0.3, 0.4) is 0 Å². The summed E-state index contributed by atoms with van der Waals surface area (Å²) in [6.45, 7) is 0.271. The minimum Gasteiger partial charge on any atom is -0.391 e. The van der Waals surface area contributed by atoms with Gasteiger partial charge in [-0.15, -0.1) is 0 Å². The standard InChI is InChI=1S/C16H13Cl2NO2/c17-14-7-6-12(10-15(14)18)11-21-19-9-8-16(20)13-4-2-1-3-5-13/h1-7,9-10H,8,11H2/b19-9+. The molecule has 0 amide bonds. The summed E-state index contributed by atoms with van der Waals surface area (Å²) in [5.74, 6) is -0.00233. The van der Waals surface area contributed by atoms with Crippen molar-refractivity contribution >= 4 is 35.2 Å². The molecule has 0 fully saturated rings. The first-order valence-corrected chi connectivity index (χ1v) is 7.08. The van der Waals surface area contributed by atoms with Crippen LogP contribution in [-0.2, 0) is 11.4 Å². The maximum absolute atomic E-state index is 11.8. The van der Waals surface area contributed by atoms with Gasteiger partial charge in [-0.2, -0.15) is 0 Å². The van der Waals surface area contributed by atoms with E-state index in [0.717, 1.165) is 5.56 Å². The lowest BCUT2D eigenvalue weighted by Gasteiger charge is -2.01. The highest BCUT2D eigenvalue weighted by atomic mass is 35.5. The fourth-order valence-corrected chi connectivity index (χ4v) is 1.98. The average Bonchev–Trinajstić information content (AvgIpc) is 2.51. The van der Waals surface area contributed by atoms with Crippen molar-refractivity contribution in [1.82, 2.24) is 0 Å². The summed E-state index contributed by atoms with van der Waals surface area (Å²) >= 11 is 11.7. The number of oxime groups is 1.